The molecule has 13 N–H and O–H groups in total. The smallest absolute Gasteiger partial charge is 0.239 e. The number of hydrogen-bond donors (Lipinski definition) is 13. The average Bonchev–Trinajstić information content (AvgIpc) is 3.13. The topological polar surface area (TPSA) is 349 Å². The molecule has 54 heavy (non-hydrogen) atoms. The van der Waals surface area contributed by atoms with Gasteiger partial charge in [0.25, 0.3) is 0 Å². The molecular weight excluding hydrogens is 732 g/mol. The van der Waals surface area contributed by atoms with Crippen LogP contribution in [0.25, 0.3) is 22.3 Å². The Hall–Kier alpha value is -3.91. The predicted octanol–water partition coefficient (Wildman–Crippen LogP) is -3.86. The normalized spacial score (nSPS) is 37.3. The molecule has 0 spiro atoms. The summed E-state index contributed by atoms with van der Waals surface area (Å²) in [5, 5.41) is 134. The Labute approximate surface area is 303 Å². The first-order chi connectivity index (χ1) is 25.5. The molecule has 15 atom stereocenters. The molecule has 21 heteroatoms. The van der Waals surface area contributed by atoms with Crippen LogP contribution in [0.2, 0.25) is 0 Å². The average molecular weight is 773 g/mol. The Morgan fingerprint density at radius 1 is 0.667 bits per heavy atom. The largest absolute Gasteiger partial charge is 0.508 e. The van der Waals surface area contributed by atoms with Crippen LogP contribution >= 0.6 is 0 Å². The molecule has 0 unspecified atom stereocenters. The van der Waals surface area contributed by atoms with E-state index in [4.69, 9.17) is 32.8 Å². The maximum atomic E-state index is 13.9. The van der Waals surface area contributed by atoms with Crippen LogP contribution in [0.4, 0.5) is 0 Å². The fourth-order valence-electron chi connectivity index (χ4n) is 6.33. The standard InChI is InChI=1S/C33H40O21/c1-9-19(39)22(42)25(45)31(49-9)48-8-17-29(53-32-26(46)23(43)20(40)16(7-34)51-32)24(44)27(47)33(52-17)54-30-21(41)18-14(38)5-11(35)6-15(18)50-28(30)10-2-3-12(36)13(37)4-10/h2-6,9,16-17,19-20,22-27,29,31-40,42-47H,7-8H2,1H3/t9-,16+,17-,19-,20+,22+,23-,24-,25+,26+,27-,29-,31+,32+,33+/m0/s1. The molecule has 0 aliphatic carbocycles. The van der Waals surface area contributed by atoms with Gasteiger partial charge in [0, 0.05) is 17.7 Å². The summed E-state index contributed by atoms with van der Waals surface area (Å²) in [5.41, 5.74) is -1.56. The third-order valence-corrected chi connectivity index (χ3v) is 9.40. The first kappa shape index (κ1) is 39.8. The van der Waals surface area contributed by atoms with Gasteiger partial charge in [-0.15, -0.1) is 0 Å². The lowest BCUT2D eigenvalue weighted by atomic mass is 9.96. The first-order valence-corrected chi connectivity index (χ1v) is 16.5. The third kappa shape index (κ3) is 7.39. The van der Waals surface area contributed by atoms with E-state index in [1.165, 1.54) is 13.0 Å². The first-order valence-electron chi connectivity index (χ1n) is 16.5. The summed E-state index contributed by atoms with van der Waals surface area (Å²) < 4.78 is 39.8. The monoisotopic (exact) mass is 772 g/mol. The highest BCUT2D eigenvalue weighted by molar-refractivity contribution is 5.88. The van der Waals surface area contributed by atoms with Crippen molar-refractivity contribution in [3.8, 4) is 40.1 Å². The van der Waals surface area contributed by atoms with Crippen molar-refractivity contribution in [2.45, 2.75) is 99.0 Å². The molecule has 3 aliphatic rings. The predicted molar refractivity (Wildman–Crippen MR) is 173 cm³/mol. The molecule has 3 saturated heterocycles. The molecular formula is C33H40O21. The van der Waals surface area contributed by atoms with E-state index in [9.17, 15) is 71.2 Å². The number of aromatic hydroxyl groups is 4. The van der Waals surface area contributed by atoms with Crippen molar-refractivity contribution in [3.05, 3.63) is 40.6 Å². The summed E-state index contributed by atoms with van der Waals surface area (Å²) in [7, 11) is 0. The number of rotatable bonds is 9. The van der Waals surface area contributed by atoms with Crippen molar-refractivity contribution in [2.75, 3.05) is 13.2 Å². The third-order valence-electron chi connectivity index (χ3n) is 9.40. The van der Waals surface area contributed by atoms with Gasteiger partial charge in [-0.2, -0.15) is 0 Å². The van der Waals surface area contributed by atoms with Gasteiger partial charge >= 0.3 is 0 Å². The lowest BCUT2D eigenvalue weighted by Gasteiger charge is -2.46. The van der Waals surface area contributed by atoms with E-state index in [0.717, 1.165) is 24.3 Å². The van der Waals surface area contributed by atoms with Crippen molar-refractivity contribution in [2.24, 2.45) is 0 Å². The van der Waals surface area contributed by atoms with Gasteiger partial charge in [0.1, 0.15) is 89.6 Å². The zero-order valence-electron chi connectivity index (χ0n) is 28.0. The zero-order valence-corrected chi connectivity index (χ0v) is 28.0. The number of aliphatic hydroxyl groups is 9. The molecule has 3 aromatic rings. The molecule has 3 aliphatic heterocycles. The Morgan fingerprint density at radius 2 is 1.31 bits per heavy atom. The molecule has 0 amide bonds. The number of fused-ring (bicyclic) bond motifs is 1. The molecule has 2 aromatic carbocycles. The summed E-state index contributed by atoms with van der Waals surface area (Å²) in [5.74, 6) is -3.72. The molecule has 0 saturated carbocycles. The van der Waals surface area contributed by atoms with Gasteiger partial charge in [0.2, 0.25) is 17.5 Å². The van der Waals surface area contributed by atoms with E-state index < -0.39 is 151 Å². The van der Waals surface area contributed by atoms with Crippen LogP contribution in [0, 0.1) is 0 Å². The van der Waals surface area contributed by atoms with Gasteiger partial charge in [-0.3, -0.25) is 4.79 Å². The van der Waals surface area contributed by atoms with Gasteiger partial charge in [0.05, 0.1) is 19.3 Å². The van der Waals surface area contributed by atoms with Crippen LogP contribution in [0.1, 0.15) is 6.92 Å². The van der Waals surface area contributed by atoms with Gasteiger partial charge in [-0.25, -0.2) is 0 Å². The summed E-state index contributed by atoms with van der Waals surface area (Å²) in [6.45, 7) is -0.219. The van der Waals surface area contributed by atoms with E-state index in [0.29, 0.717) is 0 Å². The summed E-state index contributed by atoms with van der Waals surface area (Å²) in [6, 6.07) is 5.04. The van der Waals surface area contributed by atoms with Crippen LogP contribution in [-0.4, -0.2) is 172 Å². The molecule has 6 rings (SSSR count). The lowest BCUT2D eigenvalue weighted by Crippen LogP contribution is -2.65. The van der Waals surface area contributed by atoms with Crippen LogP contribution in [-0.2, 0) is 23.7 Å². The van der Waals surface area contributed by atoms with Crippen LogP contribution in [0.5, 0.6) is 28.7 Å². The number of benzene rings is 2. The molecule has 0 bridgehead atoms. The second-order valence-electron chi connectivity index (χ2n) is 13.1. The maximum Gasteiger partial charge on any atom is 0.239 e. The van der Waals surface area contributed by atoms with E-state index in [1.807, 2.05) is 0 Å². The Bertz CT molecular complexity index is 1850. The highest BCUT2D eigenvalue weighted by atomic mass is 16.8. The Kier molecular flexibility index (Phi) is 11.5. The minimum Gasteiger partial charge on any atom is -0.508 e. The number of hydrogen-bond acceptors (Lipinski definition) is 21. The fraction of sp³-hybridized carbons (Fsp3) is 0.545. The van der Waals surface area contributed by atoms with Crippen LogP contribution in [0.3, 0.4) is 0 Å². The van der Waals surface area contributed by atoms with Crippen molar-refractivity contribution >= 4 is 11.0 Å². The molecule has 0 radical (unpaired) electrons. The van der Waals surface area contributed by atoms with E-state index in [2.05, 4.69) is 0 Å². The highest BCUT2D eigenvalue weighted by Crippen LogP contribution is 2.40. The van der Waals surface area contributed by atoms with Crippen molar-refractivity contribution in [1.82, 2.24) is 0 Å². The SMILES string of the molecule is C[C@@H]1O[C@@H](OC[C@@H]2O[C@H](Oc3c(-c4ccc(O)c(O)c4)oc4cc(O)cc(O)c4c3=O)[C@@H](O)[C@H](O)[C@H]2O[C@H]2O[C@H](CO)[C@@H](O)[C@H](O)[C@H]2O)[C@H](O)[C@H](O)[C@H]1O. The number of ether oxygens (including phenoxy) is 6. The molecule has 3 fully saturated rings. The summed E-state index contributed by atoms with van der Waals surface area (Å²) in [6.07, 6.45) is -26.5. The van der Waals surface area contributed by atoms with Gasteiger partial charge in [0.15, 0.2) is 29.8 Å². The fourth-order valence-corrected chi connectivity index (χ4v) is 6.33. The minimum atomic E-state index is -2.16. The van der Waals surface area contributed by atoms with Crippen LogP contribution < -0.4 is 10.2 Å². The zero-order chi connectivity index (χ0) is 39.3. The summed E-state index contributed by atoms with van der Waals surface area (Å²) in [4.78, 5) is 13.9. The van der Waals surface area contributed by atoms with E-state index >= 15 is 0 Å². The summed E-state index contributed by atoms with van der Waals surface area (Å²) >= 11 is 0. The van der Waals surface area contributed by atoms with Gasteiger partial charge in [-0.05, 0) is 25.1 Å². The maximum absolute atomic E-state index is 13.9. The number of phenols is 4. The number of phenolic OH excluding ortho intramolecular Hbond substituents is 4. The quantitative estimate of drug-likeness (QED) is 0.0925. The minimum absolute atomic E-state index is 0.102. The van der Waals surface area contributed by atoms with Crippen molar-refractivity contribution in [3.63, 3.8) is 0 Å². The highest BCUT2D eigenvalue weighted by Gasteiger charge is 2.52. The number of aliphatic hydroxyl groups excluding tert-OH is 9. The van der Waals surface area contributed by atoms with E-state index in [1.54, 1.807) is 0 Å². The molecule has 21 nitrogen and oxygen atoms in total. The van der Waals surface area contributed by atoms with E-state index in [-0.39, 0.29) is 11.1 Å². The Balaban J connectivity index is 1.37. The van der Waals surface area contributed by atoms with Crippen LogP contribution in [0.15, 0.2) is 39.5 Å². The Morgan fingerprint density at radius 3 is 2.00 bits per heavy atom. The molecule has 4 heterocycles. The van der Waals surface area contributed by atoms with Gasteiger partial charge < -0.3 is 99.2 Å². The molecule has 298 valence electrons. The second-order valence-corrected chi connectivity index (χ2v) is 13.1. The van der Waals surface area contributed by atoms with Crippen molar-refractivity contribution in [1.29, 1.82) is 0 Å². The van der Waals surface area contributed by atoms with Crippen molar-refractivity contribution < 1.29 is 99.2 Å². The second kappa shape index (κ2) is 15.7. The lowest BCUT2D eigenvalue weighted by molar-refractivity contribution is -0.359. The molecule has 1 aromatic heterocycles. The van der Waals surface area contributed by atoms with Gasteiger partial charge in [-0.1, -0.05) is 0 Å².